The van der Waals surface area contributed by atoms with E-state index in [1.54, 1.807) is 4.90 Å². The van der Waals surface area contributed by atoms with E-state index in [0.717, 1.165) is 23.6 Å². The van der Waals surface area contributed by atoms with Gasteiger partial charge < -0.3 is 24.5 Å². The van der Waals surface area contributed by atoms with E-state index >= 15 is 8.78 Å². The molecule has 3 aromatic rings. The molecular weight excluding hydrogens is 599 g/mol. The lowest BCUT2D eigenvalue weighted by Gasteiger charge is -2.45. The zero-order valence-corrected chi connectivity index (χ0v) is 24.5. The molecule has 4 aliphatic rings. The summed E-state index contributed by atoms with van der Waals surface area (Å²) < 4.78 is 60.3. The van der Waals surface area contributed by atoms with Gasteiger partial charge in [-0.1, -0.05) is 18.2 Å². The molecule has 1 N–H and O–H groups in total. The molecule has 2 aromatic carbocycles. The number of aromatic nitrogens is 1. The number of amides is 1. The Morgan fingerprint density at radius 1 is 1.18 bits per heavy atom. The van der Waals surface area contributed by atoms with Crippen LogP contribution >= 0.6 is 11.8 Å². The van der Waals surface area contributed by atoms with Crippen LogP contribution in [0.1, 0.15) is 46.4 Å². The highest BCUT2D eigenvalue weighted by Crippen LogP contribution is 2.59. The fraction of sp³-hybridized carbons (Fsp3) is 0.387. The van der Waals surface area contributed by atoms with Crippen LogP contribution in [0.4, 0.5) is 18.0 Å². The average molecular weight is 628 g/mol. The largest absolute Gasteiger partial charge is 0.510 e. The Morgan fingerprint density at radius 2 is 2.00 bits per heavy atom. The molecule has 0 radical (unpaired) electrons. The highest BCUT2D eigenvalue weighted by atomic mass is 32.2. The van der Waals surface area contributed by atoms with Crippen molar-refractivity contribution in [1.82, 2.24) is 9.58 Å². The second-order valence-electron chi connectivity index (χ2n) is 11.6. The summed E-state index contributed by atoms with van der Waals surface area (Å²) >= 11 is 1.40. The number of piperidine rings is 1. The Bertz CT molecular complexity index is 1770. The summed E-state index contributed by atoms with van der Waals surface area (Å²) in [5, 5.41) is 0. The van der Waals surface area contributed by atoms with Crippen LogP contribution in [0.5, 0.6) is 5.75 Å². The van der Waals surface area contributed by atoms with Crippen LogP contribution in [0.3, 0.4) is 0 Å². The first-order chi connectivity index (χ1) is 21.2. The van der Waals surface area contributed by atoms with Gasteiger partial charge in [0.1, 0.15) is 6.17 Å². The fourth-order valence-corrected chi connectivity index (χ4v) is 7.87. The Labute approximate surface area is 254 Å². The number of nitrogens with zero attached hydrogens (tertiary/aromatic N) is 2. The molecule has 9 nitrogen and oxygen atoms in total. The molecule has 1 spiro atoms. The van der Waals surface area contributed by atoms with Gasteiger partial charge in [-0.15, -0.1) is 11.8 Å². The van der Waals surface area contributed by atoms with Crippen molar-refractivity contribution in [3.63, 3.8) is 0 Å². The molecule has 13 heteroatoms. The Balaban J connectivity index is 1.38. The first kappa shape index (κ1) is 28.6. The van der Waals surface area contributed by atoms with Gasteiger partial charge >= 0.3 is 6.16 Å². The minimum Gasteiger partial charge on any atom is -0.451 e. The number of thioether (sulfide) groups is 1. The summed E-state index contributed by atoms with van der Waals surface area (Å²) in [5.74, 6) is -2.92. The van der Waals surface area contributed by atoms with Crippen molar-refractivity contribution in [2.45, 2.75) is 42.5 Å². The van der Waals surface area contributed by atoms with E-state index in [2.05, 4.69) is 10.2 Å². The van der Waals surface area contributed by atoms with Gasteiger partial charge in [-0.3, -0.25) is 14.0 Å². The van der Waals surface area contributed by atoms with Crippen molar-refractivity contribution in [3.8, 4) is 17.0 Å². The fourth-order valence-electron chi connectivity index (χ4n) is 6.77. The maximum atomic E-state index is 15.3. The molecular formula is C31H28F3N3O6S. The van der Waals surface area contributed by atoms with Gasteiger partial charge in [0.25, 0.3) is 5.91 Å². The van der Waals surface area contributed by atoms with Crippen LogP contribution in [-0.4, -0.2) is 54.9 Å². The van der Waals surface area contributed by atoms with Crippen molar-refractivity contribution in [2.24, 2.45) is 11.3 Å². The molecule has 1 saturated carbocycles. The number of rotatable bonds is 5. The number of methoxy groups -OCH3 is 1. The number of hydrogen-bond donors (Lipinski definition) is 1. The van der Waals surface area contributed by atoms with Gasteiger partial charge in [0, 0.05) is 34.4 Å². The second kappa shape index (κ2) is 10.8. The number of fused-ring (bicyclic) bond motifs is 4. The highest BCUT2D eigenvalue weighted by Gasteiger charge is 2.58. The van der Waals surface area contributed by atoms with E-state index in [0.29, 0.717) is 31.4 Å². The molecule has 1 amide bonds. The van der Waals surface area contributed by atoms with Gasteiger partial charge in [0.2, 0.25) is 18.0 Å². The van der Waals surface area contributed by atoms with E-state index in [1.807, 2.05) is 24.3 Å². The van der Waals surface area contributed by atoms with Gasteiger partial charge in [-0.2, -0.15) is 0 Å². The number of benzene rings is 2. The van der Waals surface area contributed by atoms with E-state index in [1.165, 1.54) is 22.5 Å². The number of nitrogens with one attached hydrogen (secondary N) is 1. The lowest BCUT2D eigenvalue weighted by Crippen LogP contribution is -2.58. The molecule has 4 heterocycles. The molecule has 3 atom stereocenters. The van der Waals surface area contributed by atoms with Gasteiger partial charge in [-0.25, -0.2) is 18.3 Å². The lowest BCUT2D eigenvalue weighted by atomic mass is 9.89. The topological polar surface area (TPSA) is 99.1 Å². The number of carbonyl (C=O) groups is 2. The molecule has 3 aliphatic heterocycles. The highest BCUT2D eigenvalue weighted by molar-refractivity contribution is 7.98. The van der Waals surface area contributed by atoms with Crippen molar-refractivity contribution in [1.29, 1.82) is 0 Å². The third-order valence-electron chi connectivity index (χ3n) is 9.20. The van der Waals surface area contributed by atoms with E-state index < -0.39 is 48.8 Å². The predicted molar refractivity (Wildman–Crippen MR) is 154 cm³/mol. The van der Waals surface area contributed by atoms with E-state index in [-0.39, 0.29) is 51.8 Å². The van der Waals surface area contributed by atoms with Crippen LogP contribution in [0.25, 0.3) is 11.3 Å². The molecule has 0 bridgehead atoms. The van der Waals surface area contributed by atoms with E-state index in [4.69, 9.17) is 9.47 Å². The molecule has 1 aliphatic carbocycles. The number of pyridine rings is 1. The number of halogens is 3. The SMILES string of the molecule is COC(=O)OCOc1c2n(c(-c3cc(F)c(F)c4c3Cc3ccccc3SC4)cc1=O)N[C@@H]1CCC3(CC3CF)CN1C2=O. The van der Waals surface area contributed by atoms with Gasteiger partial charge in [0.15, 0.2) is 17.3 Å². The van der Waals surface area contributed by atoms with Crippen LogP contribution in [0, 0.1) is 23.0 Å². The summed E-state index contributed by atoms with van der Waals surface area (Å²) in [4.78, 5) is 41.8. The minimum absolute atomic E-state index is 0.130. The monoisotopic (exact) mass is 627 g/mol. The smallest absolute Gasteiger partial charge is 0.451 e. The lowest BCUT2D eigenvalue weighted by molar-refractivity contribution is 0.0128. The Morgan fingerprint density at radius 3 is 2.77 bits per heavy atom. The van der Waals surface area contributed by atoms with Crippen LogP contribution < -0.4 is 15.6 Å². The molecule has 1 aromatic heterocycles. The summed E-state index contributed by atoms with van der Waals surface area (Å²) in [6, 6.07) is 9.85. The standard InChI is InChI=1S/C31H28F3N3O6S/c1-41-30(40)43-15-42-28-23(38)10-22(37-27(28)29(39)36-14-31(11-17(31)12-32)7-6-25(36)35-37)19-9-21(33)26(34)20-13-44-24-5-3-2-4-16(24)8-18(19)20/h2-5,9-10,17,25,35H,6-8,11-15H2,1H3/t17?,25-,31?/m0/s1. The molecule has 2 unspecified atom stereocenters. The number of hydrogen-bond acceptors (Lipinski definition) is 8. The molecule has 7 rings (SSSR count). The first-order valence-corrected chi connectivity index (χ1v) is 15.2. The second-order valence-corrected chi connectivity index (χ2v) is 12.6. The summed E-state index contributed by atoms with van der Waals surface area (Å²) in [6.07, 6.45) is 0.627. The Hall–Kier alpha value is -4.13. The van der Waals surface area contributed by atoms with Crippen molar-refractivity contribution in [2.75, 3.05) is 32.5 Å². The third kappa shape index (κ3) is 4.59. The van der Waals surface area contributed by atoms with Crippen LogP contribution in [-0.2, 0) is 21.6 Å². The third-order valence-corrected chi connectivity index (χ3v) is 10.3. The summed E-state index contributed by atoms with van der Waals surface area (Å²) in [5.41, 5.74) is 4.09. The summed E-state index contributed by atoms with van der Waals surface area (Å²) in [7, 11) is 1.11. The van der Waals surface area contributed by atoms with E-state index in [9.17, 15) is 18.8 Å². The van der Waals surface area contributed by atoms with Crippen LogP contribution in [0.15, 0.2) is 46.1 Å². The van der Waals surface area contributed by atoms with Gasteiger partial charge in [-0.05, 0) is 60.3 Å². The number of carbonyl (C=O) groups excluding carboxylic acids is 2. The molecule has 2 fully saturated rings. The molecule has 230 valence electrons. The maximum absolute atomic E-state index is 15.3. The molecule has 1 saturated heterocycles. The van der Waals surface area contributed by atoms with Crippen molar-refractivity contribution < 1.29 is 37.0 Å². The van der Waals surface area contributed by atoms with Crippen molar-refractivity contribution >= 4 is 23.8 Å². The number of alkyl halides is 1. The number of ether oxygens (including phenoxy) is 3. The minimum atomic E-state index is -1.08. The van der Waals surface area contributed by atoms with Crippen LogP contribution in [0.2, 0.25) is 0 Å². The zero-order chi connectivity index (χ0) is 30.7. The zero-order valence-electron chi connectivity index (χ0n) is 23.7. The maximum Gasteiger partial charge on any atom is 0.510 e. The van der Waals surface area contributed by atoms with Gasteiger partial charge in [0.05, 0.1) is 19.5 Å². The summed E-state index contributed by atoms with van der Waals surface area (Å²) in [6.45, 7) is -0.890. The Kier molecular flexibility index (Phi) is 7.02. The normalized spacial score (nSPS) is 23.0. The first-order valence-electron chi connectivity index (χ1n) is 14.2. The predicted octanol–water partition coefficient (Wildman–Crippen LogP) is 5.20. The average Bonchev–Trinajstić information content (AvgIpc) is 3.76. The molecule has 44 heavy (non-hydrogen) atoms. The quantitative estimate of drug-likeness (QED) is 0.305. The van der Waals surface area contributed by atoms with Crippen molar-refractivity contribution in [3.05, 3.63) is 80.6 Å².